The summed E-state index contributed by atoms with van der Waals surface area (Å²) in [6, 6.07) is 7.97. The molecule has 3 aromatic rings. The van der Waals surface area contributed by atoms with Crippen LogP contribution in [0.2, 0.25) is 0 Å². The number of nitrogens with one attached hydrogen (secondary N) is 2. The highest BCUT2D eigenvalue weighted by Crippen LogP contribution is 2.28. The van der Waals surface area contributed by atoms with Crippen molar-refractivity contribution in [1.29, 1.82) is 0 Å². The molecular weight excluding hydrogens is 292 g/mol. The Morgan fingerprint density at radius 1 is 1.13 bits per heavy atom. The van der Waals surface area contributed by atoms with E-state index >= 15 is 0 Å². The zero-order chi connectivity index (χ0) is 15.6. The molecule has 0 saturated carbocycles. The fourth-order valence-corrected chi connectivity index (χ4v) is 3.04. The second kappa shape index (κ2) is 5.93. The molecule has 3 heterocycles. The molecular formula is C18H18N2O3. The molecule has 23 heavy (non-hydrogen) atoms. The Morgan fingerprint density at radius 2 is 2.00 bits per heavy atom. The van der Waals surface area contributed by atoms with Gasteiger partial charge in [-0.05, 0) is 49.7 Å². The average molecular weight is 310 g/mol. The van der Waals surface area contributed by atoms with Gasteiger partial charge in [0.2, 0.25) is 0 Å². The summed E-state index contributed by atoms with van der Waals surface area (Å²) in [5, 5.41) is 7.23. The van der Waals surface area contributed by atoms with Gasteiger partial charge in [0.05, 0.1) is 18.1 Å². The van der Waals surface area contributed by atoms with Gasteiger partial charge in [0.25, 0.3) is 5.91 Å². The van der Waals surface area contributed by atoms with E-state index in [2.05, 4.69) is 10.6 Å². The van der Waals surface area contributed by atoms with E-state index < -0.39 is 0 Å². The predicted octanol–water partition coefficient (Wildman–Crippen LogP) is 3.17. The van der Waals surface area contributed by atoms with Gasteiger partial charge in [-0.1, -0.05) is 6.07 Å². The number of hydrogen-bond acceptors (Lipinski definition) is 4. The Labute approximate surface area is 133 Å². The molecule has 5 nitrogen and oxygen atoms in total. The van der Waals surface area contributed by atoms with Crippen molar-refractivity contribution >= 4 is 16.9 Å². The maximum absolute atomic E-state index is 12.5. The second-order valence-electron chi connectivity index (χ2n) is 5.87. The molecule has 0 unspecified atom stereocenters. The fraction of sp³-hybridized carbons (Fsp3) is 0.278. The van der Waals surface area contributed by atoms with Crippen molar-refractivity contribution in [2.75, 3.05) is 13.1 Å². The van der Waals surface area contributed by atoms with Crippen LogP contribution < -0.4 is 10.6 Å². The van der Waals surface area contributed by atoms with Gasteiger partial charge < -0.3 is 19.5 Å². The minimum absolute atomic E-state index is 0.0632. The van der Waals surface area contributed by atoms with E-state index in [-0.39, 0.29) is 11.9 Å². The van der Waals surface area contributed by atoms with Crippen LogP contribution in [0, 0.1) is 0 Å². The fourth-order valence-electron chi connectivity index (χ4n) is 3.04. The highest BCUT2D eigenvalue weighted by Gasteiger charge is 2.19. The van der Waals surface area contributed by atoms with E-state index in [1.54, 1.807) is 18.8 Å². The topological polar surface area (TPSA) is 67.4 Å². The van der Waals surface area contributed by atoms with Crippen LogP contribution in [-0.4, -0.2) is 25.0 Å². The van der Waals surface area contributed by atoms with E-state index in [1.807, 2.05) is 24.3 Å². The average Bonchev–Trinajstić information content (AvgIpc) is 3.25. The summed E-state index contributed by atoms with van der Waals surface area (Å²) in [6.07, 6.45) is 6.80. The van der Waals surface area contributed by atoms with Crippen LogP contribution in [0.25, 0.3) is 22.1 Å². The highest BCUT2D eigenvalue weighted by atomic mass is 16.3. The normalized spacial score (nSPS) is 15.8. The lowest BCUT2D eigenvalue weighted by Crippen LogP contribution is -2.42. The largest absolute Gasteiger partial charge is 0.472 e. The Hall–Kier alpha value is -2.53. The lowest BCUT2D eigenvalue weighted by molar-refractivity contribution is 0.0930. The zero-order valence-electron chi connectivity index (χ0n) is 12.7. The van der Waals surface area contributed by atoms with Crippen molar-refractivity contribution in [3.63, 3.8) is 0 Å². The molecule has 0 atom stereocenters. The number of amides is 1. The van der Waals surface area contributed by atoms with Crippen molar-refractivity contribution in [1.82, 2.24) is 10.6 Å². The minimum atomic E-state index is -0.0632. The van der Waals surface area contributed by atoms with Crippen LogP contribution >= 0.6 is 0 Å². The molecule has 1 aliphatic heterocycles. The Morgan fingerprint density at radius 3 is 2.78 bits per heavy atom. The van der Waals surface area contributed by atoms with Gasteiger partial charge >= 0.3 is 0 Å². The first-order valence-electron chi connectivity index (χ1n) is 7.87. The van der Waals surface area contributed by atoms with Crippen molar-refractivity contribution < 1.29 is 13.6 Å². The molecule has 2 N–H and O–H groups in total. The summed E-state index contributed by atoms with van der Waals surface area (Å²) in [5.74, 6) is -0.0632. The van der Waals surface area contributed by atoms with Gasteiger partial charge in [-0.2, -0.15) is 0 Å². The van der Waals surface area contributed by atoms with E-state index in [1.165, 1.54) is 0 Å². The lowest BCUT2D eigenvalue weighted by atomic mass is 10.0. The molecule has 1 saturated heterocycles. The van der Waals surface area contributed by atoms with Crippen LogP contribution in [0.1, 0.15) is 23.2 Å². The van der Waals surface area contributed by atoms with E-state index in [9.17, 15) is 4.79 Å². The van der Waals surface area contributed by atoms with Crippen LogP contribution in [0.4, 0.5) is 0 Å². The van der Waals surface area contributed by atoms with Gasteiger partial charge in [-0.25, -0.2) is 0 Å². The van der Waals surface area contributed by atoms with E-state index in [4.69, 9.17) is 8.83 Å². The Balaban J connectivity index is 1.59. The van der Waals surface area contributed by atoms with E-state index in [0.29, 0.717) is 11.1 Å². The molecule has 4 rings (SSSR count). The smallest absolute Gasteiger partial charge is 0.255 e. The molecule has 0 aliphatic carbocycles. The SMILES string of the molecule is O=C(NC1CCNCC1)c1coc2cc(-c3ccoc3)ccc12. The standard InChI is InChI=1S/C18H18N2O3/c21-18(20-14-3-6-19-7-4-14)16-11-23-17-9-12(1-2-15(16)17)13-5-8-22-10-13/h1-2,5,8-11,14,19H,3-4,6-7H2,(H,20,21). The van der Waals surface area contributed by atoms with Gasteiger partial charge in [0, 0.05) is 17.0 Å². The molecule has 0 bridgehead atoms. The number of furan rings is 2. The molecule has 1 amide bonds. The summed E-state index contributed by atoms with van der Waals surface area (Å²) >= 11 is 0. The first kappa shape index (κ1) is 14.1. The quantitative estimate of drug-likeness (QED) is 0.779. The van der Waals surface area contributed by atoms with Crippen LogP contribution in [0.15, 0.2) is 51.9 Å². The summed E-state index contributed by atoms with van der Waals surface area (Å²) in [5.41, 5.74) is 3.30. The lowest BCUT2D eigenvalue weighted by Gasteiger charge is -2.23. The number of benzene rings is 1. The van der Waals surface area contributed by atoms with Crippen molar-refractivity contribution in [2.45, 2.75) is 18.9 Å². The predicted molar refractivity (Wildman–Crippen MR) is 87.3 cm³/mol. The molecule has 1 aliphatic rings. The molecule has 2 aromatic heterocycles. The third-order valence-electron chi connectivity index (χ3n) is 4.35. The number of hydrogen-bond donors (Lipinski definition) is 2. The first-order valence-corrected chi connectivity index (χ1v) is 7.87. The van der Waals surface area contributed by atoms with Crippen molar-refractivity contribution in [2.24, 2.45) is 0 Å². The minimum Gasteiger partial charge on any atom is -0.472 e. The first-order chi connectivity index (χ1) is 11.3. The number of piperidine rings is 1. The van der Waals surface area contributed by atoms with Gasteiger partial charge in [-0.3, -0.25) is 4.79 Å². The molecule has 1 fully saturated rings. The third-order valence-corrected chi connectivity index (χ3v) is 4.35. The van der Waals surface area contributed by atoms with Gasteiger partial charge in [0.15, 0.2) is 0 Å². The number of carbonyl (C=O) groups excluding carboxylic acids is 1. The van der Waals surface area contributed by atoms with Gasteiger partial charge in [-0.15, -0.1) is 0 Å². The summed E-state index contributed by atoms with van der Waals surface area (Å²) in [6.45, 7) is 1.90. The van der Waals surface area contributed by atoms with Crippen LogP contribution in [-0.2, 0) is 0 Å². The Bertz CT molecular complexity index is 814. The Kier molecular flexibility index (Phi) is 3.63. The van der Waals surface area contributed by atoms with Crippen LogP contribution in [0.3, 0.4) is 0 Å². The van der Waals surface area contributed by atoms with Crippen LogP contribution in [0.5, 0.6) is 0 Å². The summed E-state index contributed by atoms with van der Waals surface area (Å²) < 4.78 is 10.7. The highest BCUT2D eigenvalue weighted by molar-refractivity contribution is 6.06. The summed E-state index contributed by atoms with van der Waals surface area (Å²) in [4.78, 5) is 12.5. The maximum Gasteiger partial charge on any atom is 0.255 e. The second-order valence-corrected chi connectivity index (χ2v) is 5.87. The van der Waals surface area contributed by atoms with Gasteiger partial charge in [0.1, 0.15) is 11.8 Å². The molecule has 5 heteroatoms. The van der Waals surface area contributed by atoms with Crippen molar-refractivity contribution in [3.8, 4) is 11.1 Å². The molecule has 118 valence electrons. The number of rotatable bonds is 3. The monoisotopic (exact) mass is 310 g/mol. The third kappa shape index (κ3) is 2.75. The molecule has 0 radical (unpaired) electrons. The molecule has 0 spiro atoms. The summed E-state index contributed by atoms with van der Waals surface area (Å²) in [7, 11) is 0. The number of carbonyl (C=O) groups is 1. The maximum atomic E-state index is 12.5. The molecule has 1 aromatic carbocycles. The van der Waals surface area contributed by atoms with E-state index in [0.717, 1.165) is 42.4 Å². The zero-order valence-corrected chi connectivity index (χ0v) is 12.7. The van der Waals surface area contributed by atoms with Crippen molar-refractivity contribution in [3.05, 3.63) is 48.6 Å². The number of fused-ring (bicyclic) bond motifs is 1.